The lowest BCUT2D eigenvalue weighted by molar-refractivity contribution is 0.263. The van der Waals surface area contributed by atoms with E-state index in [1.54, 1.807) is 0 Å². The zero-order valence-electron chi connectivity index (χ0n) is 39.8. The Morgan fingerprint density at radius 1 is 0.329 bits per heavy atom. The molecule has 0 spiro atoms. The molecule has 0 bridgehead atoms. The van der Waals surface area contributed by atoms with Crippen molar-refractivity contribution in [3.8, 4) is 34.3 Å². The Morgan fingerprint density at radius 3 is 0.890 bits per heavy atom. The van der Waals surface area contributed by atoms with Crippen LogP contribution < -0.4 is 19.1 Å². The Labute approximate surface area is 420 Å². The first-order chi connectivity index (χ1) is 36.1. The van der Waals surface area contributed by atoms with Gasteiger partial charge in [-0.05, 0) is 127 Å². The highest BCUT2D eigenvalue weighted by molar-refractivity contribution is 6.11. The van der Waals surface area contributed by atoms with E-state index in [1.165, 1.54) is 32.3 Å². The average molecular weight is 957 g/mol. The molecule has 12 aromatic rings. The van der Waals surface area contributed by atoms with Crippen molar-refractivity contribution >= 4 is 82.5 Å². The van der Waals surface area contributed by atoms with Crippen molar-refractivity contribution in [2.24, 2.45) is 0 Å². The quantitative estimate of drug-likeness (QED) is 0.0947. The lowest BCUT2D eigenvalue weighted by Gasteiger charge is -2.26. The summed E-state index contributed by atoms with van der Waals surface area (Å²) in [6.07, 6.45) is 0.523. The number of epoxide rings is 3. The minimum atomic E-state index is 0.174. The molecule has 0 saturated carbocycles. The van der Waals surface area contributed by atoms with E-state index >= 15 is 0 Å². The number of hydrogen-bond donors (Lipinski definition) is 0. The third-order valence-electron chi connectivity index (χ3n) is 14.5. The molecule has 10 heteroatoms. The number of anilines is 3. The Hall–Kier alpha value is -8.54. The molecule has 0 aliphatic carbocycles. The van der Waals surface area contributed by atoms with Gasteiger partial charge in [0, 0.05) is 84.6 Å². The first kappa shape index (κ1) is 42.2. The van der Waals surface area contributed by atoms with Gasteiger partial charge < -0.3 is 47.0 Å². The van der Waals surface area contributed by atoms with Crippen LogP contribution in [0.2, 0.25) is 0 Å². The molecular formula is C63H48N4O6. The Kier molecular flexibility index (Phi) is 9.86. The largest absolute Gasteiger partial charge is 0.491 e. The first-order valence-electron chi connectivity index (χ1n) is 25.1. The summed E-state index contributed by atoms with van der Waals surface area (Å²) in [7, 11) is 0. The van der Waals surface area contributed by atoms with Gasteiger partial charge in [-0.3, -0.25) is 0 Å². The molecule has 3 aliphatic rings. The second-order valence-electron chi connectivity index (χ2n) is 19.3. The number of benzene rings is 9. The Morgan fingerprint density at radius 2 is 0.603 bits per heavy atom. The average Bonchev–Trinajstić information content (AvgIpc) is 4.38. The van der Waals surface area contributed by atoms with Gasteiger partial charge in [0.15, 0.2) is 0 Å². The van der Waals surface area contributed by atoms with Crippen LogP contribution in [0.25, 0.3) is 82.5 Å². The smallest absolute Gasteiger partial charge is 0.121 e. The molecule has 3 aromatic heterocycles. The van der Waals surface area contributed by atoms with Gasteiger partial charge >= 0.3 is 0 Å². The van der Waals surface area contributed by atoms with E-state index in [9.17, 15) is 0 Å². The molecule has 3 saturated heterocycles. The summed E-state index contributed by atoms with van der Waals surface area (Å²) >= 11 is 0. The van der Waals surface area contributed by atoms with Gasteiger partial charge in [0.25, 0.3) is 0 Å². The lowest BCUT2D eigenvalue weighted by atomic mass is 10.1. The number of para-hydroxylation sites is 3. The van der Waals surface area contributed by atoms with E-state index in [-0.39, 0.29) is 18.3 Å². The van der Waals surface area contributed by atoms with Crippen molar-refractivity contribution in [1.82, 2.24) is 13.7 Å². The minimum Gasteiger partial charge on any atom is -0.491 e. The first-order valence-corrected chi connectivity index (χ1v) is 25.1. The van der Waals surface area contributed by atoms with E-state index in [0.29, 0.717) is 19.8 Å². The predicted octanol–water partition coefficient (Wildman–Crippen LogP) is 13.8. The molecule has 3 fully saturated rings. The number of nitrogens with zero attached hydrogens (tertiary/aromatic N) is 4. The van der Waals surface area contributed by atoms with Gasteiger partial charge in [-0.1, -0.05) is 54.6 Å². The van der Waals surface area contributed by atoms with Crippen LogP contribution in [0.4, 0.5) is 17.1 Å². The molecule has 3 aliphatic heterocycles. The van der Waals surface area contributed by atoms with Crippen molar-refractivity contribution in [1.29, 1.82) is 0 Å². The van der Waals surface area contributed by atoms with Crippen LogP contribution >= 0.6 is 0 Å². The Balaban J connectivity index is 0.840. The molecule has 0 amide bonds. The van der Waals surface area contributed by atoms with E-state index in [2.05, 4.69) is 219 Å². The van der Waals surface area contributed by atoms with Crippen LogP contribution in [0.5, 0.6) is 17.2 Å². The predicted molar refractivity (Wildman–Crippen MR) is 290 cm³/mol. The molecular weight excluding hydrogens is 909 g/mol. The number of aromatic nitrogens is 3. The second-order valence-corrected chi connectivity index (χ2v) is 19.3. The van der Waals surface area contributed by atoms with Crippen molar-refractivity contribution in [3.63, 3.8) is 0 Å². The maximum atomic E-state index is 6.20. The number of ether oxygens (including phenoxy) is 6. The van der Waals surface area contributed by atoms with E-state index in [4.69, 9.17) is 28.4 Å². The summed E-state index contributed by atoms with van der Waals surface area (Å²) in [5, 5.41) is 7.11. The van der Waals surface area contributed by atoms with Gasteiger partial charge in [-0.25, -0.2) is 0 Å². The summed E-state index contributed by atoms with van der Waals surface area (Å²) in [6, 6.07) is 71.7. The summed E-state index contributed by atoms with van der Waals surface area (Å²) in [5.74, 6) is 2.50. The molecule has 15 rings (SSSR count). The minimum absolute atomic E-state index is 0.174. The monoisotopic (exact) mass is 956 g/mol. The molecule has 9 aromatic carbocycles. The second kappa shape index (κ2) is 17.1. The van der Waals surface area contributed by atoms with Crippen LogP contribution in [-0.4, -0.2) is 71.7 Å². The SMILES string of the molecule is c1ccc2c(c1)c1ccc(OCC3CO3)cc1n2-c1ccc(N(c2ccc(-n3c4ccccc4c4ccc(OCC5CO5)cc43)cc2)c2ccc(-n3c4ccccc4c4ccc(OCC5CO5)cc43)cc2)cc1. The molecule has 3 atom stereocenters. The zero-order chi connectivity index (χ0) is 48.0. The highest BCUT2D eigenvalue weighted by Crippen LogP contribution is 2.41. The fourth-order valence-electron chi connectivity index (χ4n) is 10.7. The van der Waals surface area contributed by atoms with Crippen LogP contribution in [0.15, 0.2) is 200 Å². The van der Waals surface area contributed by atoms with Gasteiger partial charge in [0.05, 0.1) is 52.9 Å². The highest BCUT2D eigenvalue weighted by Gasteiger charge is 2.26. The topological polar surface area (TPSA) is 83.3 Å². The third-order valence-corrected chi connectivity index (χ3v) is 14.5. The van der Waals surface area contributed by atoms with Crippen LogP contribution in [-0.2, 0) is 14.2 Å². The molecule has 0 radical (unpaired) electrons. The summed E-state index contributed by atoms with van der Waals surface area (Å²) in [4.78, 5) is 2.34. The Bertz CT molecular complexity index is 3650. The molecule has 0 N–H and O–H groups in total. The van der Waals surface area contributed by atoms with Crippen molar-refractivity contribution in [3.05, 3.63) is 200 Å². The molecule has 356 valence electrons. The van der Waals surface area contributed by atoms with Crippen molar-refractivity contribution in [2.75, 3.05) is 44.5 Å². The maximum Gasteiger partial charge on any atom is 0.121 e. The molecule has 6 heterocycles. The number of fused-ring (bicyclic) bond motifs is 9. The maximum absolute atomic E-state index is 6.20. The number of rotatable bonds is 15. The van der Waals surface area contributed by atoms with Crippen molar-refractivity contribution < 1.29 is 28.4 Å². The van der Waals surface area contributed by atoms with Gasteiger partial charge in [0.2, 0.25) is 0 Å². The number of hydrogen-bond acceptors (Lipinski definition) is 7. The summed E-state index contributed by atoms with van der Waals surface area (Å²) in [6.45, 7) is 3.91. The van der Waals surface area contributed by atoms with E-state index < -0.39 is 0 Å². The highest BCUT2D eigenvalue weighted by atomic mass is 16.6. The van der Waals surface area contributed by atoms with Gasteiger partial charge in [-0.15, -0.1) is 0 Å². The van der Waals surface area contributed by atoms with Gasteiger partial charge in [-0.2, -0.15) is 0 Å². The van der Waals surface area contributed by atoms with Crippen LogP contribution in [0.1, 0.15) is 0 Å². The molecule has 10 nitrogen and oxygen atoms in total. The summed E-state index contributed by atoms with van der Waals surface area (Å²) < 4.78 is 42.0. The zero-order valence-corrected chi connectivity index (χ0v) is 39.8. The molecule has 73 heavy (non-hydrogen) atoms. The van der Waals surface area contributed by atoms with Crippen LogP contribution in [0.3, 0.4) is 0 Å². The fraction of sp³-hybridized carbons (Fsp3) is 0.143. The van der Waals surface area contributed by atoms with Crippen LogP contribution in [0, 0.1) is 0 Å². The summed E-state index contributed by atoms with van der Waals surface area (Å²) in [5.41, 5.74) is 12.9. The normalized spacial score (nSPS) is 17.0. The third kappa shape index (κ3) is 7.61. The standard InChI is InChI=1S/C63H48N4O6/c1-4-10-58-52(7-1)55-28-25-46(68-34-49-37-71-49)31-61(55)65(58)43-19-13-40(14-20-43)64(41-15-21-44(22-16-41)66-59-11-5-2-8-53(59)56-29-26-47(32-62(56)66)69-35-50-38-72-50)42-17-23-45(24-18-42)67-60-12-6-3-9-54(60)57-30-27-48(33-63(57)67)70-36-51-39-73-51/h1-33,49-51H,34-39H2. The van der Waals surface area contributed by atoms with Gasteiger partial charge in [0.1, 0.15) is 55.4 Å². The van der Waals surface area contributed by atoms with E-state index in [0.717, 1.165) is 104 Å². The fourth-order valence-corrected chi connectivity index (χ4v) is 10.7. The molecule has 3 unspecified atom stereocenters. The van der Waals surface area contributed by atoms with E-state index in [1.807, 2.05) is 0 Å². The van der Waals surface area contributed by atoms with Crippen molar-refractivity contribution in [2.45, 2.75) is 18.3 Å². The lowest BCUT2D eigenvalue weighted by Crippen LogP contribution is -2.10.